The Kier molecular flexibility index (Phi) is 4.78. The van der Waals surface area contributed by atoms with Crippen LogP contribution >= 0.6 is 11.6 Å². The van der Waals surface area contributed by atoms with Crippen molar-refractivity contribution in [2.24, 2.45) is 23.5 Å². The smallest absolute Gasteiger partial charge is 0.255 e. The molecule has 0 aromatic heterocycles. The first kappa shape index (κ1) is 17.9. The van der Waals surface area contributed by atoms with Gasteiger partial charge in [0.1, 0.15) is 0 Å². The molecule has 0 radical (unpaired) electrons. The Hall–Kier alpha value is -1.46. The fourth-order valence-electron chi connectivity index (χ4n) is 5.78. The third kappa shape index (κ3) is 3.52. The molecule has 4 saturated carbocycles. The largest absolute Gasteiger partial charge is 0.493 e. The first-order chi connectivity index (χ1) is 12.5. The van der Waals surface area contributed by atoms with E-state index in [1.807, 2.05) is 12.1 Å². The van der Waals surface area contributed by atoms with Crippen molar-refractivity contribution in [3.8, 4) is 11.5 Å². The normalized spacial score (nSPS) is 31.8. The van der Waals surface area contributed by atoms with Gasteiger partial charge in [0.2, 0.25) is 0 Å². The fourth-order valence-corrected chi connectivity index (χ4v) is 6.06. The number of hydrogen-bond acceptors (Lipinski definition) is 4. The summed E-state index contributed by atoms with van der Waals surface area (Å²) in [5, 5.41) is 4.30. The molecule has 0 atom stereocenters. The molecule has 5 rings (SSSR count). The van der Waals surface area contributed by atoms with E-state index in [9.17, 15) is 4.79 Å². The molecule has 4 bridgehead atoms. The predicted octanol–water partition coefficient (Wildman–Crippen LogP) is 3.27. The number of nitrogens with one attached hydrogen (secondary N) is 1. The monoisotopic (exact) mass is 378 g/mol. The van der Waals surface area contributed by atoms with Crippen LogP contribution in [-0.2, 0) is 11.3 Å². The second-order valence-corrected chi connectivity index (χ2v) is 8.82. The van der Waals surface area contributed by atoms with Crippen LogP contribution in [-0.4, -0.2) is 25.2 Å². The van der Waals surface area contributed by atoms with Gasteiger partial charge in [0.05, 0.1) is 12.1 Å². The number of benzene rings is 1. The number of amides is 1. The Morgan fingerprint density at radius 2 is 1.85 bits per heavy atom. The molecule has 0 aliphatic heterocycles. The molecule has 0 heterocycles. The zero-order valence-electron chi connectivity index (χ0n) is 15.2. The van der Waals surface area contributed by atoms with Crippen LogP contribution in [0.3, 0.4) is 0 Å². The first-order valence-corrected chi connectivity index (χ1v) is 9.87. The SMILES string of the molecule is COc1cc(CNC23CC4CC(CC(C4)C2)C3)cc(Cl)c1OCC(N)=O. The van der Waals surface area contributed by atoms with Gasteiger partial charge in [-0.05, 0) is 74.0 Å². The van der Waals surface area contributed by atoms with Crippen molar-refractivity contribution in [1.82, 2.24) is 5.32 Å². The summed E-state index contributed by atoms with van der Waals surface area (Å²) in [6.45, 7) is 0.541. The van der Waals surface area contributed by atoms with Crippen LogP contribution in [0.2, 0.25) is 5.02 Å². The molecular weight excluding hydrogens is 352 g/mol. The third-order valence-electron chi connectivity index (χ3n) is 6.35. The Morgan fingerprint density at radius 3 is 2.38 bits per heavy atom. The standard InChI is InChI=1S/C20H27ClN2O3/c1-25-17-6-15(5-16(21)19(17)26-11-18(22)24)10-23-20-7-12-2-13(8-20)4-14(3-12)9-20/h5-6,12-14,23H,2-4,7-11H2,1H3,(H2,22,24). The number of hydrogen-bond donors (Lipinski definition) is 2. The van der Waals surface area contributed by atoms with E-state index >= 15 is 0 Å². The molecule has 142 valence electrons. The van der Waals surface area contributed by atoms with Crippen molar-refractivity contribution in [3.05, 3.63) is 22.7 Å². The van der Waals surface area contributed by atoms with Crippen LogP contribution in [0.4, 0.5) is 0 Å². The molecule has 4 fully saturated rings. The minimum Gasteiger partial charge on any atom is -0.493 e. The number of halogens is 1. The lowest BCUT2D eigenvalue weighted by Gasteiger charge is -2.57. The number of rotatable bonds is 7. The van der Waals surface area contributed by atoms with Gasteiger partial charge in [-0.3, -0.25) is 4.79 Å². The molecule has 1 aromatic rings. The number of primary amides is 1. The van der Waals surface area contributed by atoms with Gasteiger partial charge < -0.3 is 20.5 Å². The molecule has 1 aromatic carbocycles. The van der Waals surface area contributed by atoms with Crippen LogP contribution < -0.4 is 20.5 Å². The molecule has 3 N–H and O–H groups in total. The summed E-state index contributed by atoms with van der Waals surface area (Å²) in [6.07, 6.45) is 8.24. The summed E-state index contributed by atoms with van der Waals surface area (Å²) in [5.74, 6) is 3.09. The summed E-state index contributed by atoms with van der Waals surface area (Å²) >= 11 is 6.37. The lowest BCUT2D eigenvalue weighted by Crippen LogP contribution is -2.58. The highest BCUT2D eigenvalue weighted by Gasteiger charge is 2.50. The third-order valence-corrected chi connectivity index (χ3v) is 6.63. The lowest BCUT2D eigenvalue weighted by atomic mass is 9.53. The molecule has 5 nitrogen and oxygen atoms in total. The molecular formula is C20H27ClN2O3. The molecule has 0 saturated heterocycles. The highest BCUT2D eigenvalue weighted by Crippen LogP contribution is 2.55. The van der Waals surface area contributed by atoms with Gasteiger partial charge in [0.15, 0.2) is 18.1 Å². The minimum absolute atomic E-state index is 0.221. The fraction of sp³-hybridized carbons (Fsp3) is 0.650. The van der Waals surface area contributed by atoms with Gasteiger partial charge in [-0.2, -0.15) is 0 Å². The van der Waals surface area contributed by atoms with Crippen LogP contribution in [0.15, 0.2) is 12.1 Å². The van der Waals surface area contributed by atoms with E-state index < -0.39 is 5.91 Å². The summed E-state index contributed by atoms with van der Waals surface area (Å²) in [7, 11) is 1.57. The molecule has 0 spiro atoms. The quantitative estimate of drug-likeness (QED) is 0.763. The number of methoxy groups -OCH3 is 1. The van der Waals surface area contributed by atoms with E-state index in [2.05, 4.69) is 5.32 Å². The number of ether oxygens (including phenoxy) is 2. The number of carbonyl (C=O) groups is 1. The van der Waals surface area contributed by atoms with Crippen molar-refractivity contribution in [1.29, 1.82) is 0 Å². The molecule has 26 heavy (non-hydrogen) atoms. The van der Waals surface area contributed by atoms with Crippen LogP contribution in [0.5, 0.6) is 11.5 Å². The van der Waals surface area contributed by atoms with Gasteiger partial charge in [0, 0.05) is 12.1 Å². The van der Waals surface area contributed by atoms with E-state index in [4.69, 9.17) is 26.8 Å². The molecule has 6 heteroatoms. The summed E-state index contributed by atoms with van der Waals surface area (Å²) < 4.78 is 10.8. The zero-order valence-corrected chi connectivity index (χ0v) is 16.0. The van der Waals surface area contributed by atoms with Gasteiger partial charge in [-0.1, -0.05) is 11.6 Å². The van der Waals surface area contributed by atoms with Crippen molar-refractivity contribution in [2.45, 2.75) is 50.6 Å². The van der Waals surface area contributed by atoms with Gasteiger partial charge in [-0.25, -0.2) is 0 Å². The highest BCUT2D eigenvalue weighted by atomic mass is 35.5. The second-order valence-electron chi connectivity index (χ2n) is 8.42. The summed E-state index contributed by atoms with van der Waals surface area (Å²) in [5.41, 5.74) is 6.51. The van der Waals surface area contributed by atoms with E-state index in [1.165, 1.54) is 38.5 Å². The van der Waals surface area contributed by atoms with Crippen LogP contribution in [0.25, 0.3) is 0 Å². The van der Waals surface area contributed by atoms with E-state index in [-0.39, 0.29) is 6.61 Å². The minimum atomic E-state index is -0.546. The predicted molar refractivity (Wildman–Crippen MR) is 100 cm³/mol. The van der Waals surface area contributed by atoms with Crippen molar-refractivity contribution in [2.75, 3.05) is 13.7 Å². The summed E-state index contributed by atoms with van der Waals surface area (Å²) in [4.78, 5) is 11.0. The Bertz CT molecular complexity index is 671. The second kappa shape index (κ2) is 6.93. The zero-order chi connectivity index (χ0) is 18.3. The highest BCUT2D eigenvalue weighted by molar-refractivity contribution is 6.32. The number of nitrogens with two attached hydrogens (primary N) is 1. The van der Waals surface area contributed by atoms with Crippen molar-refractivity contribution >= 4 is 17.5 Å². The molecule has 4 aliphatic rings. The molecule has 0 unspecified atom stereocenters. The van der Waals surface area contributed by atoms with Gasteiger partial charge in [-0.15, -0.1) is 0 Å². The van der Waals surface area contributed by atoms with Crippen molar-refractivity contribution in [3.63, 3.8) is 0 Å². The van der Waals surface area contributed by atoms with Gasteiger partial charge in [0.25, 0.3) is 5.91 Å². The van der Waals surface area contributed by atoms with Crippen molar-refractivity contribution < 1.29 is 14.3 Å². The Morgan fingerprint density at radius 1 is 1.23 bits per heavy atom. The number of carbonyl (C=O) groups excluding carboxylic acids is 1. The average molecular weight is 379 g/mol. The van der Waals surface area contributed by atoms with E-state index in [1.54, 1.807) is 7.11 Å². The first-order valence-electron chi connectivity index (χ1n) is 9.49. The summed E-state index contributed by atoms with van der Waals surface area (Å²) in [6, 6.07) is 3.81. The molecule has 1 amide bonds. The Labute approximate surface area is 159 Å². The topological polar surface area (TPSA) is 73.6 Å². The maximum absolute atomic E-state index is 11.0. The maximum Gasteiger partial charge on any atom is 0.255 e. The lowest BCUT2D eigenvalue weighted by molar-refractivity contribution is -0.119. The maximum atomic E-state index is 11.0. The van der Waals surface area contributed by atoms with Crippen LogP contribution in [0.1, 0.15) is 44.1 Å². The van der Waals surface area contributed by atoms with Crippen LogP contribution in [0, 0.1) is 17.8 Å². The Balaban J connectivity index is 1.47. The average Bonchev–Trinajstić information content (AvgIpc) is 2.57. The molecule has 4 aliphatic carbocycles. The van der Waals surface area contributed by atoms with Gasteiger partial charge >= 0.3 is 0 Å². The van der Waals surface area contributed by atoms with E-state index in [0.29, 0.717) is 22.1 Å². The van der Waals surface area contributed by atoms with E-state index in [0.717, 1.165) is 29.9 Å².